The van der Waals surface area contributed by atoms with E-state index in [0.717, 1.165) is 30.6 Å². The SMILES string of the molecule is Nc1ncc(-c2cc(OCCc3c[nH]c4ccccc34)nc(N3CCOCC3)n2)cn1. The fourth-order valence-corrected chi connectivity index (χ4v) is 3.61. The van der Waals surface area contributed by atoms with Crippen LogP contribution < -0.4 is 15.4 Å². The van der Waals surface area contributed by atoms with Gasteiger partial charge in [0.05, 0.1) is 25.5 Å². The van der Waals surface area contributed by atoms with Crippen LogP contribution in [0.1, 0.15) is 5.56 Å². The van der Waals surface area contributed by atoms with Crippen LogP contribution in [0.4, 0.5) is 11.9 Å². The Hall–Kier alpha value is -3.72. The maximum atomic E-state index is 6.06. The molecule has 0 spiro atoms. The van der Waals surface area contributed by atoms with Crippen LogP contribution in [0, 0.1) is 0 Å². The van der Waals surface area contributed by atoms with Crippen LogP contribution >= 0.6 is 0 Å². The first-order chi connectivity index (χ1) is 15.3. The first kappa shape index (κ1) is 19.3. The fraction of sp³-hybridized carbons (Fsp3) is 0.273. The summed E-state index contributed by atoms with van der Waals surface area (Å²) < 4.78 is 11.5. The number of hydrogen-bond acceptors (Lipinski definition) is 8. The van der Waals surface area contributed by atoms with Crippen molar-refractivity contribution >= 4 is 22.8 Å². The molecule has 0 amide bonds. The first-order valence-corrected chi connectivity index (χ1v) is 10.2. The van der Waals surface area contributed by atoms with Crippen LogP contribution in [0.2, 0.25) is 0 Å². The number of ether oxygens (including phenoxy) is 2. The van der Waals surface area contributed by atoms with Gasteiger partial charge in [0.25, 0.3) is 0 Å². The largest absolute Gasteiger partial charge is 0.477 e. The molecule has 9 heteroatoms. The molecule has 31 heavy (non-hydrogen) atoms. The van der Waals surface area contributed by atoms with Gasteiger partial charge in [-0.1, -0.05) is 18.2 Å². The monoisotopic (exact) mass is 417 g/mol. The van der Waals surface area contributed by atoms with E-state index in [2.05, 4.69) is 37.0 Å². The van der Waals surface area contributed by atoms with Gasteiger partial charge < -0.3 is 25.1 Å². The molecule has 0 atom stereocenters. The number of benzene rings is 1. The van der Waals surface area contributed by atoms with Crippen molar-refractivity contribution in [2.24, 2.45) is 0 Å². The molecule has 0 aliphatic carbocycles. The summed E-state index contributed by atoms with van der Waals surface area (Å²) in [6, 6.07) is 10.1. The molecule has 3 aromatic heterocycles. The number of anilines is 2. The lowest BCUT2D eigenvalue weighted by Crippen LogP contribution is -2.37. The first-order valence-electron chi connectivity index (χ1n) is 10.2. The van der Waals surface area contributed by atoms with Gasteiger partial charge in [0.1, 0.15) is 0 Å². The lowest BCUT2D eigenvalue weighted by atomic mass is 10.1. The number of nitrogens with two attached hydrogens (primary N) is 1. The number of nitrogens with one attached hydrogen (secondary N) is 1. The Labute approximate surface area is 179 Å². The molecule has 4 aromatic rings. The van der Waals surface area contributed by atoms with Gasteiger partial charge in [-0.15, -0.1) is 0 Å². The molecule has 0 radical (unpaired) electrons. The average Bonchev–Trinajstić information content (AvgIpc) is 3.23. The molecule has 1 aliphatic rings. The molecule has 0 bridgehead atoms. The number of nitrogen functional groups attached to an aromatic ring is 1. The molecule has 3 N–H and O–H groups in total. The van der Waals surface area contributed by atoms with Crippen LogP contribution in [0.15, 0.2) is 48.9 Å². The highest BCUT2D eigenvalue weighted by molar-refractivity contribution is 5.83. The molecule has 0 saturated carbocycles. The summed E-state index contributed by atoms with van der Waals surface area (Å²) in [5.74, 6) is 1.35. The topological polar surface area (TPSA) is 115 Å². The predicted molar refractivity (Wildman–Crippen MR) is 118 cm³/mol. The van der Waals surface area contributed by atoms with Gasteiger partial charge in [-0.3, -0.25) is 0 Å². The van der Waals surface area contributed by atoms with Crippen LogP contribution in [-0.2, 0) is 11.2 Å². The Morgan fingerprint density at radius 2 is 1.90 bits per heavy atom. The number of nitrogens with zero attached hydrogens (tertiary/aromatic N) is 5. The molecule has 158 valence electrons. The predicted octanol–water partition coefficient (Wildman–Crippen LogP) is 2.46. The molecule has 4 heterocycles. The second-order valence-corrected chi connectivity index (χ2v) is 7.28. The number of para-hydroxylation sites is 1. The number of aromatic amines is 1. The molecule has 1 saturated heterocycles. The number of fused-ring (bicyclic) bond motifs is 1. The average molecular weight is 417 g/mol. The number of rotatable bonds is 6. The van der Waals surface area contributed by atoms with Gasteiger partial charge in [-0.2, -0.15) is 4.98 Å². The van der Waals surface area contributed by atoms with Crippen LogP contribution in [0.25, 0.3) is 22.2 Å². The van der Waals surface area contributed by atoms with E-state index in [1.807, 2.05) is 24.4 Å². The van der Waals surface area contributed by atoms with Crippen molar-refractivity contribution in [1.82, 2.24) is 24.9 Å². The summed E-state index contributed by atoms with van der Waals surface area (Å²) in [7, 11) is 0. The van der Waals surface area contributed by atoms with Crippen LogP contribution in [0.5, 0.6) is 5.88 Å². The van der Waals surface area contributed by atoms with Gasteiger partial charge in [0, 0.05) is 60.6 Å². The van der Waals surface area contributed by atoms with E-state index in [0.29, 0.717) is 37.3 Å². The van der Waals surface area contributed by atoms with E-state index >= 15 is 0 Å². The zero-order valence-electron chi connectivity index (χ0n) is 17.0. The van der Waals surface area contributed by atoms with Crippen LogP contribution in [-0.4, -0.2) is 57.8 Å². The second-order valence-electron chi connectivity index (χ2n) is 7.28. The fourth-order valence-electron chi connectivity index (χ4n) is 3.61. The molecule has 1 aliphatic heterocycles. The smallest absolute Gasteiger partial charge is 0.229 e. The zero-order chi connectivity index (χ0) is 21.0. The molecular weight excluding hydrogens is 394 g/mol. The maximum absolute atomic E-state index is 6.06. The lowest BCUT2D eigenvalue weighted by Gasteiger charge is -2.27. The van der Waals surface area contributed by atoms with Crippen molar-refractivity contribution in [1.29, 1.82) is 0 Å². The molecule has 1 aromatic carbocycles. The highest BCUT2D eigenvalue weighted by atomic mass is 16.5. The van der Waals surface area contributed by atoms with Gasteiger partial charge >= 0.3 is 0 Å². The standard InChI is InChI=1S/C22H23N7O2/c23-21-25-13-16(14-26-21)19-11-20(28-22(27-19)29-6-9-30-10-7-29)31-8-5-15-12-24-18-4-2-1-3-17(15)18/h1-4,11-14,24H,5-10H2,(H2,23,25,26). The van der Waals surface area contributed by atoms with Crippen molar-refractivity contribution in [2.75, 3.05) is 43.5 Å². The quantitative estimate of drug-likeness (QED) is 0.492. The zero-order valence-corrected chi connectivity index (χ0v) is 17.0. The second kappa shape index (κ2) is 8.57. The summed E-state index contributed by atoms with van der Waals surface area (Å²) in [5.41, 5.74) is 9.42. The molecule has 1 fully saturated rings. The number of H-pyrrole nitrogens is 1. The third-order valence-electron chi connectivity index (χ3n) is 5.25. The minimum atomic E-state index is 0.224. The summed E-state index contributed by atoms with van der Waals surface area (Å²) in [5, 5.41) is 1.21. The Balaban J connectivity index is 1.38. The molecular formula is C22H23N7O2. The molecule has 5 rings (SSSR count). The van der Waals surface area contributed by atoms with Crippen molar-refractivity contribution < 1.29 is 9.47 Å². The Morgan fingerprint density at radius 3 is 2.74 bits per heavy atom. The molecule has 0 unspecified atom stereocenters. The summed E-state index contributed by atoms with van der Waals surface area (Å²) in [6.07, 6.45) is 6.11. The van der Waals surface area contributed by atoms with Crippen molar-refractivity contribution in [2.45, 2.75) is 6.42 Å². The maximum Gasteiger partial charge on any atom is 0.229 e. The molecule has 9 nitrogen and oxygen atoms in total. The lowest BCUT2D eigenvalue weighted by molar-refractivity contribution is 0.122. The minimum Gasteiger partial charge on any atom is -0.477 e. The normalized spacial score (nSPS) is 14.1. The summed E-state index contributed by atoms with van der Waals surface area (Å²) in [6.45, 7) is 3.26. The van der Waals surface area contributed by atoms with Crippen molar-refractivity contribution in [3.05, 3.63) is 54.5 Å². The van der Waals surface area contributed by atoms with Crippen molar-refractivity contribution in [3.8, 4) is 17.1 Å². The van der Waals surface area contributed by atoms with E-state index < -0.39 is 0 Å². The van der Waals surface area contributed by atoms with Crippen molar-refractivity contribution in [3.63, 3.8) is 0 Å². The summed E-state index contributed by atoms with van der Waals surface area (Å²) in [4.78, 5) is 22.9. The van der Waals surface area contributed by atoms with E-state index in [4.69, 9.17) is 20.2 Å². The Kier molecular flexibility index (Phi) is 5.32. The third kappa shape index (κ3) is 4.26. The van der Waals surface area contributed by atoms with E-state index in [-0.39, 0.29) is 5.95 Å². The summed E-state index contributed by atoms with van der Waals surface area (Å²) >= 11 is 0. The van der Waals surface area contributed by atoms with E-state index in [1.165, 1.54) is 10.9 Å². The van der Waals surface area contributed by atoms with Gasteiger partial charge in [0.2, 0.25) is 17.8 Å². The van der Waals surface area contributed by atoms with E-state index in [9.17, 15) is 0 Å². The van der Waals surface area contributed by atoms with E-state index in [1.54, 1.807) is 12.4 Å². The highest BCUT2D eigenvalue weighted by Crippen LogP contribution is 2.25. The Morgan fingerprint density at radius 1 is 1.10 bits per heavy atom. The van der Waals surface area contributed by atoms with Gasteiger partial charge in [0.15, 0.2) is 0 Å². The number of hydrogen-bond donors (Lipinski definition) is 2. The minimum absolute atomic E-state index is 0.224. The Bertz CT molecular complexity index is 1170. The highest BCUT2D eigenvalue weighted by Gasteiger charge is 2.17. The van der Waals surface area contributed by atoms with Crippen LogP contribution in [0.3, 0.4) is 0 Å². The van der Waals surface area contributed by atoms with Gasteiger partial charge in [-0.05, 0) is 11.6 Å². The third-order valence-corrected chi connectivity index (χ3v) is 5.25. The number of aromatic nitrogens is 5. The van der Waals surface area contributed by atoms with Gasteiger partial charge in [-0.25, -0.2) is 15.0 Å². The number of morpholine rings is 1.